The number of hydrogen-bond donors (Lipinski definition) is 0. The second-order valence-corrected chi connectivity index (χ2v) is 7.21. The number of amides is 1. The summed E-state index contributed by atoms with van der Waals surface area (Å²) >= 11 is 3.11. The third kappa shape index (κ3) is 4.09. The molecule has 2 aliphatic heterocycles. The number of carbonyl (C=O) groups is 2. The van der Waals surface area contributed by atoms with Gasteiger partial charge in [-0.2, -0.15) is 0 Å². The van der Waals surface area contributed by atoms with E-state index in [0.29, 0.717) is 30.4 Å². The van der Waals surface area contributed by atoms with Gasteiger partial charge >= 0.3 is 5.97 Å². The van der Waals surface area contributed by atoms with Gasteiger partial charge < -0.3 is 9.64 Å². The number of ether oxygens (including phenoxy) is 1. The Morgan fingerprint density at radius 2 is 2.09 bits per heavy atom. The Morgan fingerprint density at radius 1 is 1.26 bits per heavy atom. The summed E-state index contributed by atoms with van der Waals surface area (Å²) in [5.41, 5.74) is 2.84. The average molecular weight is 350 g/mol. The summed E-state index contributed by atoms with van der Waals surface area (Å²) in [5.74, 6) is 1.42. The summed E-state index contributed by atoms with van der Waals surface area (Å²) < 4.78 is 5.38. The molecule has 1 fully saturated rings. The van der Waals surface area contributed by atoms with Crippen molar-refractivity contribution >= 4 is 40.9 Å². The Labute approximate surface area is 143 Å². The Hall–Kier alpha value is -1.47. The maximum absolute atomic E-state index is 12.4. The van der Waals surface area contributed by atoms with Crippen LogP contribution in [0.15, 0.2) is 35.3 Å². The molecule has 1 aromatic rings. The van der Waals surface area contributed by atoms with Crippen molar-refractivity contribution in [1.29, 1.82) is 0 Å². The molecule has 0 unspecified atom stereocenters. The summed E-state index contributed by atoms with van der Waals surface area (Å²) in [6.07, 6.45) is 0.684. The fraction of sp³-hybridized carbons (Fsp3) is 0.438. The Balaban J connectivity index is 1.51. The van der Waals surface area contributed by atoms with Crippen molar-refractivity contribution in [3.8, 4) is 0 Å². The predicted octanol–water partition coefficient (Wildman–Crippen LogP) is 1.82. The van der Waals surface area contributed by atoms with Gasteiger partial charge in [-0.1, -0.05) is 30.3 Å². The third-order valence-electron chi connectivity index (χ3n) is 3.77. The van der Waals surface area contributed by atoms with Crippen LogP contribution in [0.3, 0.4) is 0 Å². The first-order valence-corrected chi connectivity index (χ1v) is 9.68. The second-order valence-electron chi connectivity index (χ2n) is 5.33. The van der Waals surface area contributed by atoms with Crippen LogP contribution >= 0.6 is 23.5 Å². The highest BCUT2D eigenvalue weighted by Crippen LogP contribution is 2.25. The molecule has 0 saturated carbocycles. The molecular formula is C16H18N2O3S2. The van der Waals surface area contributed by atoms with Crippen LogP contribution in [0.4, 0.5) is 0 Å². The lowest BCUT2D eigenvalue weighted by Gasteiger charge is -2.24. The zero-order valence-electron chi connectivity index (χ0n) is 12.6. The standard InChI is InChI=1S/C16H18N2O3S2/c19-15(13-8-22-10-17-13)18-11-23-9-14(18)16(20)21-7-6-12-4-2-1-3-5-12/h1-5,10,13-14H,6-9,11H2/t13-,14-/m0/s1. The summed E-state index contributed by atoms with van der Waals surface area (Å²) in [4.78, 5) is 30.5. The highest BCUT2D eigenvalue weighted by atomic mass is 32.2. The van der Waals surface area contributed by atoms with E-state index in [9.17, 15) is 9.59 Å². The minimum atomic E-state index is -0.482. The van der Waals surface area contributed by atoms with Crippen molar-refractivity contribution in [2.24, 2.45) is 4.99 Å². The van der Waals surface area contributed by atoms with E-state index in [0.717, 1.165) is 5.56 Å². The molecule has 1 amide bonds. The summed E-state index contributed by atoms with van der Waals surface area (Å²) in [6, 6.07) is 9.06. The highest BCUT2D eigenvalue weighted by molar-refractivity contribution is 8.12. The number of esters is 1. The normalized spacial score (nSPS) is 23.2. The van der Waals surface area contributed by atoms with Gasteiger partial charge in [-0.05, 0) is 5.56 Å². The third-order valence-corrected chi connectivity index (χ3v) is 5.56. The first-order chi connectivity index (χ1) is 11.3. The van der Waals surface area contributed by atoms with E-state index in [-0.39, 0.29) is 17.9 Å². The highest BCUT2D eigenvalue weighted by Gasteiger charge is 2.39. The molecule has 0 bridgehead atoms. The average Bonchev–Trinajstić information content (AvgIpc) is 3.27. The molecule has 7 heteroatoms. The first kappa shape index (κ1) is 16.4. The quantitative estimate of drug-likeness (QED) is 0.758. The molecule has 2 atom stereocenters. The van der Waals surface area contributed by atoms with Gasteiger partial charge in [0.2, 0.25) is 5.91 Å². The Kier molecular flexibility index (Phi) is 5.61. The topological polar surface area (TPSA) is 59.0 Å². The monoisotopic (exact) mass is 350 g/mol. The zero-order valence-corrected chi connectivity index (χ0v) is 14.2. The lowest BCUT2D eigenvalue weighted by molar-refractivity contribution is -0.153. The number of thioether (sulfide) groups is 2. The second kappa shape index (κ2) is 7.88. The molecule has 122 valence electrons. The maximum Gasteiger partial charge on any atom is 0.329 e. The van der Waals surface area contributed by atoms with Gasteiger partial charge in [0.05, 0.1) is 18.0 Å². The first-order valence-electron chi connectivity index (χ1n) is 7.48. The van der Waals surface area contributed by atoms with Crippen LogP contribution in [-0.4, -0.2) is 58.4 Å². The minimum Gasteiger partial charge on any atom is -0.464 e. The van der Waals surface area contributed by atoms with Crippen LogP contribution in [0.5, 0.6) is 0 Å². The van der Waals surface area contributed by atoms with Gasteiger partial charge in [-0.15, -0.1) is 23.5 Å². The summed E-state index contributed by atoms with van der Waals surface area (Å²) in [5, 5.41) is 0. The molecule has 0 aliphatic carbocycles. The molecule has 5 nitrogen and oxygen atoms in total. The molecule has 3 rings (SSSR count). The molecule has 2 heterocycles. The number of nitrogens with zero attached hydrogens (tertiary/aromatic N) is 2. The molecule has 2 aliphatic rings. The van der Waals surface area contributed by atoms with Crippen LogP contribution in [0, 0.1) is 0 Å². The van der Waals surface area contributed by atoms with Crippen molar-refractivity contribution in [2.75, 3.05) is 24.0 Å². The maximum atomic E-state index is 12.4. The van der Waals surface area contributed by atoms with Gasteiger partial charge in [0.25, 0.3) is 0 Å². The molecular weight excluding hydrogens is 332 g/mol. The number of rotatable bonds is 5. The van der Waals surface area contributed by atoms with Crippen LogP contribution in [0.1, 0.15) is 5.56 Å². The van der Waals surface area contributed by atoms with Crippen LogP contribution in [0.2, 0.25) is 0 Å². The van der Waals surface area contributed by atoms with E-state index in [1.54, 1.807) is 22.2 Å². The van der Waals surface area contributed by atoms with Crippen molar-refractivity contribution < 1.29 is 14.3 Å². The van der Waals surface area contributed by atoms with Crippen LogP contribution in [-0.2, 0) is 20.7 Å². The molecule has 1 saturated heterocycles. The zero-order chi connectivity index (χ0) is 16.1. The van der Waals surface area contributed by atoms with E-state index >= 15 is 0 Å². The van der Waals surface area contributed by atoms with Crippen molar-refractivity contribution in [1.82, 2.24) is 4.90 Å². The number of benzene rings is 1. The van der Waals surface area contributed by atoms with Gasteiger partial charge in [0.15, 0.2) is 0 Å². The Bertz CT molecular complexity index is 594. The molecule has 1 aromatic carbocycles. The lowest BCUT2D eigenvalue weighted by atomic mass is 10.2. The van der Waals surface area contributed by atoms with E-state index < -0.39 is 6.04 Å². The van der Waals surface area contributed by atoms with Crippen LogP contribution in [0.25, 0.3) is 0 Å². The fourth-order valence-corrected chi connectivity index (χ4v) is 4.36. The van der Waals surface area contributed by atoms with Gasteiger partial charge in [0, 0.05) is 17.9 Å². The van der Waals surface area contributed by atoms with Crippen molar-refractivity contribution in [2.45, 2.75) is 18.5 Å². The summed E-state index contributed by atoms with van der Waals surface area (Å²) in [7, 11) is 0. The molecule has 0 N–H and O–H groups in total. The van der Waals surface area contributed by atoms with E-state index in [1.807, 2.05) is 30.3 Å². The molecule has 0 spiro atoms. The SMILES string of the molecule is O=C(OCCc1ccccc1)[C@@H]1CSCN1C(=O)[C@@H]1CSC=N1. The molecule has 0 radical (unpaired) electrons. The minimum absolute atomic E-state index is 0.0683. The molecule has 0 aromatic heterocycles. The Morgan fingerprint density at radius 3 is 2.83 bits per heavy atom. The molecule has 23 heavy (non-hydrogen) atoms. The van der Waals surface area contributed by atoms with Gasteiger partial charge in [-0.3, -0.25) is 9.79 Å². The lowest BCUT2D eigenvalue weighted by Crippen LogP contribution is -2.46. The smallest absolute Gasteiger partial charge is 0.329 e. The predicted molar refractivity (Wildman–Crippen MR) is 93.8 cm³/mol. The van der Waals surface area contributed by atoms with E-state index in [4.69, 9.17) is 4.74 Å². The number of aliphatic imine (C=N–C) groups is 1. The number of carbonyl (C=O) groups excluding carboxylic acids is 2. The van der Waals surface area contributed by atoms with E-state index in [2.05, 4.69) is 4.99 Å². The van der Waals surface area contributed by atoms with Crippen molar-refractivity contribution in [3.63, 3.8) is 0 Å². The largest absolute Gasteiger partial charge is 0.464 e. The van der Waals surface area contributed by atoms with Crippen LogP contribution < -0.4 is 0 Å². The van der Waals surface area contributed by atoms with Gasteiger partial charge in [-0.25, -0.2) is 4.79 Å². The van der Waals surface area contributed by atoms with Crippen molar-refractivity contribution in [3.05, 3.63) is 35.9 Å². The summed E-state index contributed by atoms with van der Waals surface area (Å²) in [6.45, 7) is 0.337. The fourth-order valence-electron chi connectivity index (χ4n) is 2.49. The number of hydrogen-bond acceptors (Lipinski definition) is 6. The van der Waals surface area contributed by atoms with Gasteiger partial charge in [0.1, 0.15) is 12.1 Å². The van der Waals surface area contributed by atoms with E-state index in [1.165, 1.54) is 11.8 Å².